The van der Waals surface area contributed by atoms with Gasteiger partial charge in [0.05, 0.1) is 0 Å². The maximum Gasteiger partial charge on any atom is 0.223 e. The SMILES string of the molecule is O=C(CCc1ncccn1)N1CCN(C2CC2)CC1. The Morgan fingerprint density at radius 1 is 1.16 bits per heavy atom. The first-order chi connectivity index (χ1) is 9.33. The maximum absolute atomic E-state index is 12.1. The molecular weight excluding hydrogens is 240 g/mol. The summed E-state index contributed by atoms with van der Waals surface area (Å²) >= 11 is 0. The molecule has 2 aliphatic rings. The van der Waals surface area contributed by atoms with E-state index in [0.29, 0.717) is 12.8 Å². The van der Waals surface area contributed by atoms with Crippen LogP contribution < -0.4 is 0 Å². The van der Waals surface area contributed by atoms with Crippen LogP contribution in [0.4, 0.5) is 0 Å². The van der Waals surface area contributed by atoms with Crippen molar-refractivity contribution in [3.8, 4) is 0 Å². The van der Waals surface area contributed by atoms with Gasteiger partial charge in [0.2, 0.25) is 5.91 Å². The molecule has 1 aliphatic carbocycles. The zero-order valence-corrected chi connectivity index (χ0v) is 11.2. The van der Waals surface area contributed by atoms with Crippen molar-refractivity contribution in [3.63, 3.8) is 0 Å². The number of rotatable bonds is 4. The molecule has 5 heteroatoms. The minimum atomic E-state index is 0.239. The van der Waals surface area contributed by atoms with E-state index in [4.69, 9.17) is 0 Å². The average molecular weight is 260 g/mol. The molecule has 0 unspecified atom stereocenters. The van der Waals surface area contributed by atoms with Crippen LogP contribution in [-0.2, 0) is 11.2 Å². The summed E-state index contributed by atoms with van der Waals surface area (Å²) in [7, 11) is 0. The highest BCUT2D eigenvalue weighted by molar-refractivity contribution is 5.76. The topological polar surface area (TPSA) is 49.3 Å². The van der Waals surface area contributed by atoms with E-state index in [0.717, 1.165) is 38.0 Å². The summed E-state index contributed by atoms with van der Waals surface area (Å²) in [5.41, 5.74) is 0. The highest BCUT2D eigenvalue weighted by Gasteiger charge is 2.32. The average Bonchev–Trinajstić information content (AvgIpc) is 3.31. The highest BCUT2D eigenvalue weighted by Crippen LogP contribution is 2.27. The molecule has 0 atom stereocenters. The number of carbonyl (C=O) groups is 1. The van der Waals surface area contributed by atoms with Gasteiger partial charge in [0, 0.05) is 57.5 Å². The minimum Gasteiger partial charge on any atom is -0.340 e. The Bertz CT molecular complexity index is 424. The van der Waals surface area contributed by atoms with Crippen molar-refractivity contribution in [2.24, 2.45) is 0 Å². The van der Waals surface area contributed by atoms with Crippen LogP contribution in [0.3, 0.4) is 0 Å². The molecule has 3 rings (SSSR count). The number of carbonyl (C=O) groups excluding carboxylic acids is 1. The van der Waals surface area contributed by atoms with Gasteiger partial charge in [-0.2, -0.15) is 0 Å². The van der Waals surface area contributed by atoms with E-state index in [1.54, 1.807) is 18.5 Å². The molecule has 2 fully saturated rings. The van der Waals surface area contributed by atoms with Gasteiger partial charge in [-0.25, -0.2) is 9.97 Å². The third kappa shape index (κ3) is 3.29. The van der Waals surface area contributed by atoms with Crippen LogP contribution in [0.2, 0.25) is 0 Å². The van der Waals surface area contributed by atoms with Crippen molar-refractivity contribution < 1.29 is 4.79 Å². The first kappa shape index (κ1) is 12.5. The quantitative estimate of drug-likeness (QED) is 0.800. The van der Waals surface area contributed by atoms with Crippen LogP contribution in [0, 0.1) is 0 Å². The Balaban J connectivity index is 1.43. The lowest BCUT2D eigenvalue weighted by atomic mass is 10.2. The smallest absolute Gasteiger partial charge is 0.223 e. The van der Waals surface area contributed by atoms with Gasteiger partial charge in [0.25, 0.3) is 0 Å². The maximum atomic E-state index is 12.1. The molecule has 0 spiro atoms. The fourth-order valence-electron chi connectivity index (χ4n) is 2.61. The first-order valence-corrected chi connectivity index (χ1v) is 7.10. The summed E-state index contributed by atoms with van der Waals surface area (Å²) in [6.45, 7) is 3.84. The molecule has 0 bridgehead atoms. The van der Waals surface area contributed by atoms with Crippen LogP contribution in [0.5, 0.6) is 0 Å². The number of aromatic nitrogens is 2. The number of nitrogens with zero attached hydrogens (tertiary/aromatic N) is 4. The van der Waals surface area contributed by atoms with E-state index < -0.39 is 0 Å². The van der Waals surface area contributed by atoms with E-state index in [-0.39, 0.29) is 5.91 Å². The third-order valence-corrected chi connectivity index (χ3v) is 3.91. The van der Waals surface area contributed by atoms with Crippen molar-refractivity contribution >= 4 is 5.91 Å². The number of aryl methyl sites for hydroxylation is 1. The Kier molecular flexibility index (Phi) is 3.73. The largest absolute Gasteiger partial charge is 0.340 e. The summed E-state index contributed by atoms with van der Waals surface area (Å²) in [5, 5.41) is 0. The zero-order valence-electron chi connectivity index (χ0n) is 11.2. The molecule has 19 heavy (non-hydrogen) atoms. The van der Waals surface area contributed by atoms with Crippen molar-refractivity contribution in [2.75, 3.05) is 26.2 Å². The monoisotopic (exact) mass is 260 g/mol. The highest BCUT2D eigenvalue weighted by atomic mass is 16.2. The van der Waals surface area contributed by atoms with Crippen molar-refractivity contribution in [1.29, 1.82) is 0 Å². The number of hydrogen-bond donors (Lipinski definition) is 0. The van der Waals surface area contributed by atoms with Gasteiger partial charge in [-0.1, -0.05) is 0 Å². The molecule has 1 aliphatic heterocycles. The molecule has 1 aromatic rings. The predicted molar refractivity (Wildman–Crippen MR) is 71.5 cm³/mol. The van der Waals surface area contributed by atoms with Gasteiger partial charge in [-0.05, 0) is 18.9 Å². The van der Waals surface area contributed by atoms with Crippen molar-refractivity contribution in [2.45, 2.75) is 31.7 Å². The first-order valence-electron chi connectivity index (χ1n) is 7.10. The van der Waals surface area contributed by atoms with Gasteiger partial charge >= 0.3 is 0 Å². The fourth-order valence-corrected chi connectivity index (χ4v) is 2.61. The molecule has 1 saturated heterocycles. The van der Waals surface area contributed by atoms with Crippen molar-refractivity contribution in [3.05, 3.63) is 24.3 Å². The molecule has 102 valence electrons. The molecule has 1 amide bonds. The Morgan fingerprint density at radius 3 is 2.47 bits per heavy atom. The summed E-state index contributed by atoms with van der Waals surface area (Å²) in [4.78, 5) is 24.9. The molecule has 1 saturated carbocycles. The Labute approximate surface area is 113 Å². The second-order valence-electron chi connectivity index (χ2n) is 5.31. The lowest BCUT2D eigenvalue weighted by Gasteiger charge is -2.34. The second-order valence-corrected chi connectivity index (χ2v) is 5.31. The van der Waals surface area contributed by atoms with Crippen LogP contribution in [0.1, 0.15) is 25.1 Å². The predicted octanol–water partition coefficient (Wildman–Crippen LogP) is 0.716. The molecule has 0 N–H and O–H groups in total. The molecular formula is C14H20N4O. The van der Waals surface area contributed by atoms with Crippen LogP contribution in [0.15, 0.2) is 18.5 Å². The third-order valence-electron chi connectivity index (χ3n) is 3.91. The summed E-state index contributed by atoms with van der Waals surface area (Å²) in [6, 6.07) is 2.61. The Hall–Kier alpha value is -1.49. The number of amides is 1. The van der Waals surface area contributed by atoms with Gasteiger partial charge in [-0.15, -0.1) is 0 Å². The van der Waals surface area contributed by atoms with E-state index in [1.807, 2.05) is 4.90 Å². The molecule has 0 radical (unpaired) electrons. The summed E-state index contributed by atoms with van der Waals surface area (Å²) in [5.74, 6) is 0.996. The van der Waals surface area contributed by atoms with E-state index >= 15 is 0 Å². The van der Waals surface area contributed by atoms with Crippen LogP contribution in [0.25, 0.3) is 0 Å². The van der Waals surface area contributed by atoms with Gasteiger partial charge < -0.3 is 4.90 Å². The zero-order chi connectivity index (χ0) is 13.1. The Morgan fingerprint density at radius 2 is 1.84 bits per heavy atom. The van der Waals surface area contributed by atoms with Crippen molar-refractivity contribution in [1.82, 2.24) is 19.8 Å². The molecule has 1 aromatic heterocycles. The summed E-state index contributed by atoms with van der Waals surface area (Å²) in [6.07, 6.45) is 7.30. The van der Waals surface area contributed by atoms with Crippen LogP contribution in [-0.4, -0.2) is 57.9 Å². The number of hydrogen-bond acceptors (Lipinski definition) is 4. The summed E-state index contributed by atoms with van der Waals surface area (Å²) < 4.78 is 0. The van der Waals surface area contributed by atoms with Gasteiger partial charge in [0.1, 0.15) is 5.82 Å². The normalized spacial score (nSPS) is 20.5. The lowest BCUT2D eigenvalue weighted by molar-refractivity contribution is -0.133. The van der Waals surface area contributed by atoms with E-state index in [1.165, 1.54) is 12.8 Å². The second kappa shape index (κ2) is 5.65. The standard InChI is InChI=1S/C14H20N4O/c19-14(5-4-13-15-6-1-7-16-13)18-10-8-17(9-11-18)12-2-3-12/h1,6-7,12H,2-5,8-11H2. The van der Waals surface area contributed by atoms with E-state index in [9.17, 15) is 4.79 Å². The van der Waals surface area contributed by atoms with Gasteiger partial charge in [0.15, 0.2) is 0 Å². The molecule has 2 heterocycles. The number of piperazine rings is 1. The van der Waals surface area contributed by atoms with Crippen LogP contribution >= 0.6 is 0 Å². The molecule has 0 aromatic carbocycles. The molecule has 5 nitrogen and oxygen atoms in total. The minimum absolute atomic E-state index is 0.239. The lowest BCUT2D eigenvalue weighted by Crippen LogP contribution is -2.49. The fraction of sp³-hybridized carbons (Fsp3) is 0.643. The van der Waals surface area contributed by atoms with Gasteiger partial charge in [-0.3, -0.25) is 9.69 Å². The van der Waals surface area contributed by atoms with E-state index in [2.05, 4.69) is 14.9 Å².